The van der Waals surface area contributed by atoms with E-state index in [0.717, 1.165) is 57.8 Å². The SMILES string of the molecule is CCCCCCCC/C=C/CCCCCCCCCCCC(=O)OC[C@@H](COC(=O)CCCCCCCCCCCCCCC)OC(=O)CCCCCCCCCCCCCCCCCCCCC. The van der Waals surface area contributed by atoms with Gasteiger partial charge in [-0.1, -0.05) is 303 Å². The monoisotopic (exact) mass is 973 g/mol. The van der Waals surface area contributed by atoms with Crippen LogP contribution in [0.25, 0.3) is 0 Å². The molecule has 0 spiro atoms. The summed E-state index contributed by atoms with van der Waals surface area (Å²) in [4.78, 5) is 38.2. The van der Waals surface area contributed by atoms with Gasteiger partial charge in [0.15, 0.2) is 6.10 Å². The van der Waals surface area contributed by atoms with Gasteiger partial charge in [-0.3, -0.25) is 14.4 Å². The van der Waals surface area contributed by atoms with Crippen molar-refractivity contribution in [1.29, 1.82) is 0 Å². The Kier molecular flexibility index (Phi) is 57.1. The smallest absolute Gasteiger partial charge is 0.306 e. The summed E-state index contributed by atoms with van der Waals surface area (Å²) in [7, 11) is 0. The van der Waals surface area contributed by atoms with Gasteiger partial charge in [0.1, 0.15) is 13.2 Å². The highest BCUT2D eigenvalue weighted by molar-refractivity contribution is 5.71. The van der Waals surface area contributed by atoms with Gasteiger partial charge >= 0.3 is 17.9 Å². The minimum absolute atomic E-state index is 0.0640. The van der Waals surface area contributed by atoms with Crippen molar-refractivity contribution in [3.8, 4) is 0 Å². The molecule has 0 aliphatic rings. The van der Waals surface area contributed by atoms with Gasteiger partial charge in [-0.15, -0.1) is 0 Å². The molecule has 0 N–H and O–H groups in total. The summed E-state index contributed by atoms with van der Waals surface area (Å²) in [5.74, 6) is -0.837. The molecule has 0 radical (unpaired) electrons. The van der Waals surface area contributed by atoms with E-state index in [9.17, 15) is 14.4 Å². The summed E-state index contributed by atoms with van der Waals surface area (Å²) in [6.07, 6.45) is 67.8. The summed E-state index contributed by atoms with van der Waals surface area (Å²) in [6.45, 7) is 6.70. The van der Waals surface area contributed by atoms with Crippen LogP contribution in [0.1, 0.15) is 355 Å². The first-order valence-corrected chi connectivity index (χ1v) is 31.2. The number of carbonyl (C=O) groups is 3. The molecule has 0 unspecified atom stereocenters. The number of hydrogen-bond donors (Lipinski definition) is 0. The first-order valence-electron chi connectivity index (χ1n) is 31.2. The Hall–Kier alpha value is -1.85. The summed E-state index contributed by atoms with van der Waals surface area (Å²) in [6, 6.07) is 0. The van der Waals surface area contributed by atoms with E-state index in [1.165, 1.54) is 257 Å². The van der Waals surface area contributed by atoms with Gasteiger partial charge in [0.05, 0.1) is 0 Å². The highest BCUT2D eigenvalue weighted by Gasteiger charge is 2.19. The highest BCUT2D eigenvalue weighted by Crippen LogP contribution is 2.18. The largest absolute Gasteiger partial charge is 0.462 e. The van der Waals surface area contributed by atoms with Crippen LogP contribution in [0, 0.1) is 0 Å². The fourth-order valence-corrected chi connectivity index (χ4v) is 9.56. The lowest BCUT2D eigenvalue weighted by Gasteiger charge is -2.18. The molecule has 0 aromatic rings. The molecule has 69 heavy (non-hydrogen) atoms. The second kappa shape index (κ2) is 58.7. The van der Waals surface area contributed by atoms with Crippen molar-refractivity contribution < 1.29 is 28.6 Å². The topological polar surface area (TPSA) is 78.9 Å². The van der Waals surface area contributed by atoms with Crippen LogP contribution in [0.5, 0.6) is 0 Å². The third-order valence-corrected chi connectivity index (χ3v) is 14.3. The Bertz CT molecular complexity index is 1070. The summed E-state index contributed by atoms with van der Waals surface area (Å²) in [5.41, 5.74) is 0. The molecular weight excluding hydrogens is 853 g/mol. The van der Waals surface area contributed by atoms with Gasteiger partial charge in [-0.2, -0.15) is 0 Å². The van der Waals surface area contributed by atoms with Crippen molar-refractivity contribution in [1.82, 2.24) is 0 Å². The van der Waals surface area contributed by atoms with Crippen LogP contribution in [0.2, 0.25) is 0 Å². The molecule has 0 aliphatic heterocycles. The van der Waals surface area contributed by atoms with E-state index in [4.69, 9.17) is 14.2 Å². The summed E-state index contributed by atoms with van der Waals surface area (Å²) < 4.78 is 16.9. The predicted molar refractivity (Wildman–Crippen MR) is 298 cm³/mol. The minimum Gasteiger partial charge on any atom is -0.462 e. The van der Waals surface area contributed by atoms with E-state index >= 15 is 0 Å². The number of carbonyl (C=O) groups excluding carboxylic acids is 3. The van der Waals surface area contributed by atoms with Crippen molar-refractivity contribution >= 4 is 17.9 Å². The molecule has 0 heterocycles. The Morgan fingerprint density at radius 2 is 0.478 bits per heavy atom. The van der Waals surface area contributed by atoms with Crippen LogP contribution in [0.4, 0.5) is 0 Å². The third kappa shape index (κ3) is 56.9. The van der Waals surface area contributed by atoms with Gasteiger partial charge in [-0.05, 0) is 44.9 Å². The molecule has 0 bridgehead atoms. The zero-order valence-electron chi connectivity index (χ0n) is 46.9. The molecule has 6 heteroatoms. The Balaban J connectivity index is 4.28. The average Bonchev–Trinajstić information content (AvgIpc) is 3.35. The number of allylic oxidation sites excluding steroid dienone is 2. The zero-order chi connectivity index (χ0) is 50.0. The third-order valence-electron chi connectivity index (χ3n) is 14.3. The fraction of sp³-hybridized carbons (Fsp3) is 0.921. The molecule has 0 aromatic heterocycles. The molecule has 408 valence electrons. The summed E-state index contributed by atoms with van der Waals surface area (Å²) in [5, 5.41) is 0. The number of rotatable bonds is 58. The molecule has 0 aromatic carbocycles. The van der Waals surface area contributed by atoms with Crippen LogP contribution in [-0.2, 0) is 28.6 Å². The van der Waals surface area contributed by atoms with Gasteiger partial charge < -0.3 is 14.2 Å². The van der Waals surface area contributed by atoms with Crippen molar-refractivity contribution in [3.05, 3.63) is 12.2 Å². The first-order chi connectivity index (χ1) is 34.0. The fourth-order valence-electron chi connectivity index (χ4n) is 9.56. The van der Waals surface area contributed by atoms with Crippen molar-refractivity contribution in [2.75, 3.05) is 13.2 Å². The second-order valence-corrected chi connectivity index (χ2v) is 21.3. The number of ether oxygens (including phenoxy) is 3. The van der Waals surface area contributed by atoms with Crippen LogP contribution < -0.4 is 0 Å². The molecule has 0 rings (SSSR count). The van der Waals surface area contributed by atoms with Gasteiger partial charge in [0.25, 0.3) is 0 Å². The molecule has 0 amide bonds. The molecule has 1 atom stereocenters. The lowest BCUT2D eigenvalue weighted by molar-refractivity contribution is -0.167. The lowest BCUT2D eigenvalue weighted by Crippen LogP contribution is -2.30. The average molecular weight is 974 g/mol. The van der Waals surface area contributed by atoms with Crippen LogP contribution in [-0.4, -0.2) is 37.2 Å². The minimum atomic E-state index is -0.765. The van der Waals surface area contributed by atoms with Gasteiger partial charge in [0, 0.05) is 19.3 Å². The predicted octanol–water partition coefficient (Wildman–Crippen LogP) is 20.9. The van der Waals surface area contributed by atoms with Crippen molar-refractivity contribution in [3.63, 3.8) is 0 Å². The van der Waals surface area contributed by atoms with Crippen LogP contribution in [0.3, 0.4) is 0 Å². The number of hydrogen-bond acceptors (Lipinski definition) is 6. The first kappa shape index (κ1) is 67.1. The second-order valence-electron chi connectivity index (χ2n) is 21.3. The molecule has 0 saturated carbocycles. The Morgan fingerprint density at radius 1 is 0.275 bits per heavy atom. The van der Waals surface area contributed by atoms with Crippen LogP contribution in [0.15, 0.2) is 12.2 Å². The van der Waals surface area contributed by atoms with E-state index in [1.54, 1.807) is 0 Å². The molecule has 0 saturated heterocycles. The van der Waals surface area contributed by atoms with Gasteiger partial charge in [0.2, 0.25) is 0 Å². The molecule has 0 fully saturated rings. The van der Waals surface area contributed by atoms with Crippen LogP contribution >= 0.6 is 0 Å². The zero-order valence-corrected chi connectivity index (χ0v) is 46.9. The van der Waals surface area contributed by atoms with Gasteiger partial charge in [-0.25, -0.2) is 0 Å². The molecule has 0 aliphatic carbocycles. The standard InChI is InChI=1S/C63H120O6/c1-4-7-10-13-16-19-22-25-27-29-31-33-35-38-41-44-47-50-53-56-62(65)68-59-60(58-67-61(64)55-52-49-46-43-40-37-24-21-18-15-12-9-6-3)69-63(66)57-54-51-48-45-42-39-36-34-32-30-28-26-23-20-17-14-11-8-5-2/h25,27,60H,4-24,26,28-59H2,1-3H3/b27-25+/t60-/m1/s1. The highest BCUT2D eigenvalue weighted by atomic mass is 16.6. The van der Waals surface area contributed by atoms with E-state index < -0.39 is 6.10 Å². The maximum atomic E-state index is 12.9. The lowest BCUT2D eigenvalue weighted by atomic mass is 10.0. The number of esters is 3. The Labute approximate surface area is 431 Å². The number of unbranched alkanes of at least 4 members (excludes halogenated alkanes) is 45. The van der Waals surface area contributed by atoms with E-state index in [0.29, 0.717) is 19.3 Å². The maximum absolute atomic E-state index is 12.9. The summed E-state index contributed by atoms with van der Waals surface area (Å²) >= 11 is 0. The Morgan fingerprint density at radius 3 is 0.725 bits per heavy atom. The van der Waals surface area contributed by atoms with Crippen molar-refractivity contribution in [2.45, 2.75) is 361 Å². The quantitative estimate of drug-likeness (QED) is 0.0261. The normalized spacial score (nSPS) is 12.0. The van der Waals surface area contributed by atoms with E-state index in [-0.39, 0.29) is 31.1 Å². The van der Waals surface area contributed by atoms with Crippen molar-refractivity contribution in [2.24, 2.45) is 0 Å². The maximum Gasteiger partial charge on any atom is 0.306 e. The van der Waals surface area contributed by atoms with E-state index in [1.807, 2.05) is 0 Å². The molecule has 6 nitrogen and oxygen atoms in total. The molecular formula is C63H120O6. The van der Waals surface area contributed by atoms with E-state index in [2.05, 4.69) is 32.9 Å².